The van der Waals surface area contributed by atoms with Gasteiger partial charge in [-0.2, -0.15) is 10.2 Å². The molecule has 2 aromatic heterocycles. The van der Waals surface area contributed by atoms with Crippen molar-refractivity contribution in [2.24, 2.45) is 10.2 Å². The lowest BCUT2D eigenvalue weighted by molar-refractivity contribution is 0.101. The fourth-order valence-corrected chi connectivity index (χ4v) is 2.53. The molecular formula is C18H24N4O. The Morgan fingerprint density at radius 2 is 1.30 bits per heavy atom. The lowest BCUT2D eigenvalue weighted by Gasteiger charge is -2.07. The number of carbonyl (C=O) groups excluding carboxylic acids is 1. The molecule has 122 valence electrons. The van der Waals surface area contributed by atoms with Crippen LogP contribution in [0.3, 0.4) is 0 Å². The van der Waals surface area contributed by atoms with Gasteiger partial charge in [-0.25, -0.2) is 9.35 Å². The van der Waals surface area contributed by atoms with Crippen LogP contribution in [0, 0.1) is 27.7 Å². The summed E-state index contributed by atoms with van der Waals surface area (Å²) in [6, 6.07) is 5.96. The van der Waals surface area contributed by atoms with Gasteiger partial charge in [0.2, 0.25) is 0 Å². The van der Waals surface area contributed by atoms with Crippen LogP contribution in [0.25, 0.3) is 0 Å². The van der Waals surface area contributed by atoms with E-state index in [2.05, 4.69) is 10.2 Å². The molecule has 0 aromatic carbocycles. The number of ketones is 1. The average molecular weight is 312 g/mol. The summed E-state index contributed by atoms with van der Waals surface area (Å²) in [6.07, 6.45) is 0. The van der Waals surface area contributed by atoms with Crippen LogP contribution >= 0.6 is 0 Å². The molecular weight excluding hydrogens is 288 g/mol. The Morgan fingerprint density at radius 1 is 0.826 bits per heavy atom. The molecule has 0 saturated heterocycles. The lowest BCUT2D eigenvalue weighted by Crippen LogP contribution is -2.12. The van der Waals surface area contributed by atoms with E-state index in [0.29, 0.717) is 5.56 Å². The van der Waals surface area contributed by atoms with Crippen LogP contribution in [-0.2, 0) is 0 Å². The van der Waals surface area contributed by atoms with Crippen LogP contribution in [0.4, 0.5) is 0 Å². The number of aryl methyl sites for hydroxylation is 3. The molecule has 2 aromatic rings. The topological polar surface area (TPSA) is 51.6 Å². The molecule has 0 spiro atoms. The summed E-state index contributed by atoms with van der Waals surface area (Å²) < 4.78 is 3.71. The maximum absolute atomic E-state index is 11.6. The normalized spacial score (nSPS) is 12.8. The third-order valence-corrected chi connectivity index (χ3v) is 4.03. The minimum Gasteiger partial charge on any atom is -0.294 e. The Labute approximate surface area is 137 Å². The first-order valence-corrected chi connectivity index (χ1v) is 7.68. The Bertz CT molecular complexity index is 799. The van der Waals surface area contributed by atoms with Gasteiger partial charge in [0.1, 0.15) is 0 Å². The third-order valence-electron chi connectivity index (χ3n) is 4.03. The van der Waals surface area contributed by atoms with Gasteiger partial charge in [0.05, 0.1) is 11.4 Å². The second-order valence-corrected chi connectivity index (χ2v) is 5.95. The summed E-state index contributed by atoms with van der Waals surface area (Å²) >= 11 is 0. The van der Waals surface area contributed by atoms with E-state index in [9.17, 15) is 4.79 Å². The van der Waals surface area contributed by atoms with E-state index in [1.807, 2.05) is 64.4 Å². The number of hydrogen-bond acceptors (Lipinski definition) is 3. The summed E-state index contributed by atoms with van der Waals surface area (Å²) in [6.45, 7) is 13.4. The number of aromatic nitrogens is 2. The molecule has 0 fully saturated rings. The second-order valence-electron chi connectivity index (χ2n) is 5.95. The first-order chi connectivity index (χ1) is 10.7. The standard InChI is InChI=1S/C18H24N4O/c1-11-8-9-12(2)21(11)19-14(4)15(5)20-22-13(3)10-18(16(22)6)17(7)23/h8-10H,1-7H3/b19-14-,20-15-. The fraction of sp³-hybridized carbons (Fsp3) is 0.389. The van der Waals surface area contributed by atoms with Crippen LogP contribution in [0.1, 0.15) is 53.9 Å². The minimum absolute atomic E-state index is 0.0567. The minimum atomic E-state index is 0.0567. The predicted molar refractivity (Wildman–Crippen MR) is 94.8 cm³/mol. The maximum Gasteiger partial charge on any atom is 0.161 e. The van der Waals surface area contributed by atoms with Crippen LogP contribution in [0.15, 0.2) is 28.4 Å². The SMILES string of the molecule is CC(=O)c1cc(C)n(/N=C(C)\C(C)=N/n2c(C)ccc2C)c1C. The molecule has 23 heavy (non-hydrogen) atoms. The van der Waals surface area contributed by atoms with Gasteiger partial charge in [0.25, 0.3) is 0 Å². The molecule has 0 aliphatic heterocycles. The number of Topliss-reactive ketones (excluding diaryl/α,β-unsaturated/α-hetero) is 1. The van der Waals surface area contributed by atoms with Crippen molar-refractivity contribution >= 4 is 17.2 Å². The van der Waals surface area contributed by atoms with E-state index >= 15 is 0 Å². The summed E-state index contributed by atoms with van der Waals surface area (Å²) in [5.41, 5.74) is 6.33. The Morgan fingerprint density at radius 3 is 1.74 bits per heavy atom. The number of nitrogens with zero attached hydrogens (tertiary/aromatic N) is 4. The molecule has 2 heterocycles. The van der Waals surface area contributed by atoms with Crippen molar-refractivity contribution in [1.29, 1.82) is 0 Å². The van der Waals surface area contributed by atoms with Crippen LogP contribution in [0.2, 0.25) is 0 Å². The molecule has 0 aliphatic rings. The number of rotatable bonds is 4. The van der Waals surface area contributed by atoms with Crippen molar-refractivity contribution in [2.45, 2.75) is 48.5 Å². The summed E-state index contributed by atoms with van der Waals surface area (Å²) in [4.78, 5) is 11.6. The van der Waals surface area contributed by atoms with Gasteiger partial charge >= 0.3 is 0 Å². The molecule has 2 rings (SSSR count). The zero-order chi connectivity index (χ0) is 17.3. The summed E-state index contributed by atoms with van der Waals surface area (Å²) in [7, 11) is 0. The molecule has 5 heteroatoms. The van der Waals surface area contributed by atoms with Gasteiger partial charge in [0, 0.05) is 28.3 Å². The molecule has 0 atom stereocenters. The van der Waals surface area contributed by atoms with Gasteiger partial charge in [0.15, 0.2) is 5.78 Å². The van der Waals surface area contributed by atoms with Crippen molar-refractivity contribution in [2.75, 3.05) is 0 Å². The monoisotopic (exact) mass is 312 g/mol. The average Bonchev–Trinajstić information content (AvgIpc) is 2.94. The smallest absolute Gasteiger partial charge is 0.161 e. The second kappa shape index (κ2) is 6.36. The molecule has 0 amide bonds. The molecule has 5 nitrogen and oxygen atoms in total. The quantitative estimate of drug-likeness (QED) is 0.624. The van der Waals surface area contributed by atoms with Gasteiger partial charge in [-0.3, -0.25) is 4.79 Å². The van der Waals surface area contributed by atoms with Crippen molar-refractivity contribution in [1.82, 2.24) is 9.35 Å². The zero-order valence-electron chi connectivity index (χ0n) is 14.9. The molecule has 0 radical (unpaired) electrons. The third kappa shape index (κ3) is 3.33. The Kier molecular flexibility index (Phi) is 4.68. The highest BCUT2D eigenvalue weighted by atomic mass is 16.1. The number of hydrogen-bond donors (Lipinski definition) is 0. The van der Waals surface area contributed by atoms with Gasteiger partial charge in [-0.05, 0) is 66.7 Å². The maximum atomic E-state index is 11.6. The van der Waals surface area contributed by atoms with Gasteiger partial charge in [-0.15, -0.1) is 0 Å². The van der Waals surface area contributed by atoms with E-state index in [0.717, 1.165) is 34.2 Å². The van der Waals surface area contributed by atoms with Crippen molar-refractivity contribution in [3.8, 4) is 0 Å². The van der Waals surface area contributed by atoms with Crippen LogP contribution in [0.5, 0.6) is 0 Å². The van der Waals surface area contributed by atoms with Crippen LogP contribution in [-0.4, -0.2) is 26.6 Å². The highest BCUT2D eigenvalue weighted by molar-refractivity contribution is 6.40. The molecule has 0 saturated carbocycles. The highest BCUT2D eigenvalue weighted by Gasteiger charge is 2.12. The van der Waals surface area contributed by atoms with Gasteiger partial charge in [-0.1, -0.05) is 0 Å². The largest absolute Gasteiger partial charge is 0.294 e. The van der Waals surface area contributed by atoms with Crippen molar-refractivity contribution in [3.05, 3.63) is 46.5 Å². The zero-order valence-corrected chi connectivity index (χ0v) is 14.9. The molecule has 0 bridgehead atoms. The van der Waals surface area contributed by atoms with E-state index in [1.54, 1.807) is 11.6 Å². The van der Waals surface area contributed by atoms with Gasteiger partial charge < -0.3 is 0 Å². The fourth-order valence-electron chi connectivity index (χ4n) is 2.53. The van der Waals surface area contributed by atoms with E-state index in [1.165, 1.54) is 0 Å². The predicted octanol–water partition coefficient (Wildman–Crippen LogP) is 3.87. The molecule has 0 aliphatic carbocycles. The van der Waals surface area contributed by atoms with Crippen molar-refractivity contribution < 1.29 is 4.79 Å². The van der Waals surface area contributed by atoms with E-state index in [-0.39, 0.29) is 5.78 Å². The molecule has 0 N–H and O–H groups in total. The first kappa shape index (κ1) is 16.9. The Balaban J connectivity index is 2.42. The lowest BCUT2D eigenvalue weighted by atomic mass is 10.2. The van der Waals surface area contributed by atoms with Crippen molar-refractivity contribution in [3.63, 3.8) is 0 Å². The Hall–Kier alpha value is -2.43. The summed E-state index contributed by atoms with van der Waals surface area (Å²) in [5.74, 6) is 0.0567. The highest BCUT2D eigenvalue weighted by Crippen LogP contribution is 2.16. The van der Waals surface area contributed by atoms with E-state index < -0.39 is 0 Å². The molecule has 0 unspecified atom stereocenters. The van der Waals surface area contributed by atoms with Crippen LogP contribution < -0.4 is 0 Å². The number of carbonyl (C=O) groups is 1. The first-order valence-electron chi connectivity index (χ1n) is 7.68. The summed E-state index contributed by atoms with van der Waals surface area (Å²) in [5, 5.41) is 9.28. The van der Waals surface area contributed by atoms with E-state index in [4.69, 9.17) is 0 Å².